The molecule has 2 amide bonds. The van der Waals surface area contributed by atoms with Gasteiger partial charge >= 0.3 is 0 Å². The summed E-state index contributed by atoms with van der Waals surface area (Å²) in [6, 6.07) is 1.62. The molecule has 0 saturated carbocycles. The van der Waals surface area contributed by atoms with Crippen LogP contribution >= 0.6 is 0 Å². The molecule has 4 rings (SSSR count). The Labute approximate surface area is 151 Å². The first kappa shape index (κ1) is 16.6. The first-order chi connectivity index (χ1) is 12.5. The third kappa shape index (κ3) is 2.83. The lowest BCUT2D eigenvalue weighted by molar-refractivity contribution is -0.129. The number of imidazole rings is 1. The first-order valence-electron chi connectivity index (χ1n) is 8.88. The molecule has 2 aromatic heterocycles. The Balaban J connectivity index is 1.51. The highest BCUT2D eigenvalue weighted by Gasteiger charge is 2.32. The van der Waals surface area contributed by atoms with Gasteiger partial charge in [0.15, 0.2) is 5.76 Å². The van der Waals surface area contributed by atoms with Crippen molar-refractivity contribution in [1.29, 1.82) is 0 Å². The van der Waals surface area contributed by atoms with Gasteiger partial charge in [0.1, 0.15) is 5.82 Å². The van der Waals surface area contributed by atoms with Gasteiger partial charge in [-0.15, -0.1) is 0 Å². The molecule has 2 aromatic rings. The van der Waals surface area contributed by atoms with Crippen molar-refractivity contribution in [2.45, 2.75) is 32.9 Å². The third-order valence-electron chi connectivity index (χ3n) is 5.10. The number of fused-ring (bicyclic) bond motifs is 1. The summed E-state index contributed by atoms with van der Waals surface area (Å²) >= 11 is 0. The lowest BCUT2D eigenvalue weighted by atomic mass is 10.1. The van der Waals surface area contributed by atoms with E-state index in [4.69, 9.17) is 4.42 Å². The maximum Gasteiger partial charge on any atom is 0.290 e. The van der Waals surface area contributed by atoms with Gasteiger partial charge in [-0.25, -0.2) is 4.98 Å². The van der Waals surface area contributed by atoms with Gasteiger partial charge in [-0.3, -0.25) is 9.59 Å². The quantitative estimate of drug-likeness (QED) is 0.790. The number of carbonyl (C=O) groups excluding carboxylic acids is 2. The Morgan fingerprint density at radius 2 is 2.04 bits per heavy atom. The molecule has 7 heteroatoms. The molecule has 2 aliphatic heterocycles. The molecule has 1 unspecified atom stereocenters. The fraction of sp³-hybridized carbons (Fsp3) is 0.421. The largest absolute Gasteiger partial charge is 0.459 e. The molecule has 26 heavy (non-hydrogen) atoms. The van der Waals surface area contributed by atoms with Crippen molar-refractivity contribution in [1.82, 2.24) is 19.4 Å². The maximum atomic E-state index is 12.8. The summed E-state index contributed by atoms with van der Waals surface area (Å²) < 4.78 is 7.41. The van der Waals surface area contributed by atoms with Gasteiger partial charge in [0.25, 0.3) is 5.91 Å². The zero-order valence-corrected chi connectivity index (χ0v) is 15.0. The molecule has 0 fully saturated rings. The van der Waals surface area contributed by atoms with Crippen LogP contribution in [-0.4, -0.2) is 50.8 Å². The minimum atomic E-state index is -0.168. The average Bonchev–Trinajstić information content (AvgIpc) is 3.34. The van der Waals surface area contributed by atoms with Crippen LogP contribution in [0.2, 0.25) is 0 Å². The molecule has 0 aromatic carbocycles. The lowest BCUT2D eigenvalue weighted by Gasteiger charge is -2.33. The van der Waals surface area contributed by atoms with E-state index in [0.717, 1.165) is 17.1 Å². The van der Waals surface area contributed by atoms with E-state index in [1.807, 2.05) is 36.8 Å². The van der Waals surface area contributed by atoms with Crippen molar-refractivity contribution in [2.75, 3.05) is 19.6 Å². The summed E-state index contributed by atoms with van der Waals surface area (Å²) in [5.41, 5.74) is 1.59. The Bertz CT molecular complexity index is 871. The molecule has 136 valence electrons. The van der Waals surface area contributed by atoms with Gasteiger partial charge in [0.2, 0.25) is 5.91 Å². The summed E-state index contributed by atoms with van der Waals surface area (Å²) in [6.07, 6.45) is 7.76. The molecule has 0 N–H and O–H groups in total. The van der Waals surface area contributed by atoms with Crippen molar-refractivity contribution >= 4 is 11.8 Å². The van der Waals surface area contributed by atoms with E-state index in [9.17, 15) is 9.59 Å². The highest BCUT2D eigenvalue weighted by Crippen LogP contribution is 2.27. The lowest BCUT2D eigenvalue weighted by Crippen LogP contribution is -2.41. The van der Waals surface area contributed by atoms with Crippen LogP contribution in [0, 0.1) is 6.92 Å². The Hall–Kier alpha value is -2.83. The van der Waals surface area contributed by atoms with Crippen molar-refractivity contribution < 1.29 is 14.0 Å². The molecule has 0 aliphatic carbocycles. The van der Waals surface area contributed by atoms with Crippen molar-refractivity contribution in [3.63, 3.8) is 0 Å². The van der Waals surface area contributed by atoms with E-state index in [-0.39, 0.29) is 17.9 Å². The van der Waals surface area contributed by atoms with Crippen molar-refractivity contribution in [3.05, 3.63) is 53.5 Å². The van der Waals surface area contributed by atoms with Crippen LogP contribution in [0.1, 0.15) is 40.6 Å². The van der Waals surface area contributed by atoms with E-state index >= 15 is 0 Å². The van der Waals surface area contributed by atoms with Crippen LogP contribution < -0.4 is 0 Å². The summed E-state index contributed by atoms with van der Waals surface area (Å²) in [6.45, 7) is 6.43. The van der Waals surface area contributed by atoms with Crippen LogP contribution in [0.15, 0.2) is 35.1 Å². The molecular formula is C19H22N4O3. The highest BCUT2D eigenvalue weighted by atomic mass is 16.3. The topological polar surface area (TPSA) is 71.6 Å². The molecule has 2 aliphatic rings. The maximum absolute atomic E-state index is 12.8. The molecule has 0 radical (unpaired) electrons. The molecule has 4 heterocycles. The standard InChI is InChI=1S/C19H22N4O3/c1-13-5-10-26-17(13)19(25)23-9-8-22-12-15(20-18(22)14(23)2)11-16(24)21-6-3-4-7-21/h3-5,10,12,14H,6-9,11H2,1-2H3. The Kier molecular flexibility index (Phi) is 4.14. The van der Waals surface area contributed by atoms with E-state index in [1.54, 1.807) is 15.9 Å². The second kappa shape index (κ2) is 6.48. The van der Waals surface area contributed by atoms with Crippen LogP contribution in [0.25, 0.3) is 0 Å². The zero-order chi connectivity index (χ0) is 18.3. The second-order valence-electron chi connectivity index (χ2n) is 6.84. The number of nitrogens with zero attached hydrogens (tertiary/aromatic N) is 4. The highest BCUT2D eigenvalue weighted by molar-refractivity contribution is 5.93. The van der Waals surface area contributed by atoms with Crippen LogP contribution in [0.4, 0.5) is 0 Å². The van der Waals surface area contributed by atoms with Gasteiger partial charge in [-0.1, -0.05) is 12.2 Å². The third-order valence-corrected chi connectivity index (χ3v) is 5.10. The van der Waals surface area contributed by atoms with Gasteiger partial charge in [-0.05, 0) is 19.9 Å². The first-order valence-corrected chi connectivity index (χ1v) is 8.88. The predicted molar refractivity (Wildman–Crippen MR) is 94.5 cm³/mol. The SMILES string of the molecule is Cc1ccoc1C(=O)N1CCn2cc(CC(=O)N3CC=CC3)nc2C1C. The smallest absolute Gasteiger partial charge is 0.290 e. The Morgan fingerprint density at radius 3 is 2.73 bits per heavy atom. The summed E-state index contributed by atoms with van der Waals surface area (Å²) in [5.74, 6) is 1.16. The van der Waals surface area contributed by atoms with Crippen LogP contribution in [0.3, 0.4) is 0 Å². The molecule has 1 atom stereocenters. The summed E-state index contributed by atoms with van der Waals surface area (Å²) in [5, 5.41) is 0. The summed E-state index contributed by atoms with van der Waals surface area (Å²) in [7, 11) is 0. The number of rotatable bonds is 3. The number of aromatic nitrogens is 2. The van der Waals surface area contributed by atoms with E-state index in [2.05, 4.69) is 4.98 Å². The number of amides is 2. The van der Waals surface area contributed by atoms with Crippen LogP contribution in [-0.2, 0) is 17.8 Å². The molecule has 0 bridgehead atoms. The molecule has 0 saturated heterocycles. The molecular weight excluding hydrogens is 332 g/mol. The van der Waals surface area contributed by atoms with Gasteiger partial charge in [0, 0.05) is 37.9 Å². The van der Waals surface area contributed by atoms with Crippen LogP contribution in [0.5, 0.6) is 0 Å². The van der Waals surface area contributed by atoms with E-state index in [1.165, 1.54) is 6.26 Å². The monoisotopic (exact) mass is 354 g/mol. The fourth-order valence-corrected chi connectivity index (χ4v) is 3.58. The van der Waals surface area contributed by atoms with Crippen molar-refractivity contribution in [2.24, 2.45) is 0 Å². The number of hydrogen-bond acceptors (Lipinski definition) is 4. The average molecular weight is 354 g/mol. The minimum absolute atomic E-state index is 0.0808. The number of carbonyl (C=O) groups is 2. The number of aryl methyl sites for hydroxylation is 1. The normalized spacial score (nSPS) is 19.1. The molecule has 7 nitrogen and oxygen atoms in total. The van der Waals surface area contributed by atoms with Crippen molar-refractivity contribution in [3.8, 4) is 0 Å². The van der Waals surface area contributed by atoms with E-state index in [0.29, 0.717) is 38.4 Å². The van der Waals surface area contributed by atoms with Gasteiger partial charge in [-0.2, -0.15) is 0 Å². The Morgan fingerprint density at radius 1 is 1.27 bits per heavy atom. The zero-order valence-electron chi connectivity index (χ0n) is 15.0. The number of furan rings is 1. The van der Waals surface area contributed by atoms with Gasteiger partial charge < -0.3 is 18.8 Å². The molecule has 0 spiro atoms. The van der Waals surface area contributed by atoms with Gasteiger partial charge in [0.05, 0.1) is 24.4 Å². The number of hydrogen-bond donors (Lipinski definition) is 0. The minimum Gasteiger partial charge on any atom is -0.459 e. The van der Waals surface area contributed by atoms with E-state index < -0.39 is 0 Å². The summed E-state index contributed by atoms with van der Waals surface area (Å²) in [4.78, 5) is 33.4. The second-order valence-corrected chi connectivity index (χ2v) is 6.84. The fourth-order valence-electron chi connectivity index (χ4n) is 3.58. The predicted octanol–water partition coefficient (Wildman–Crippen LogP) is 1.94.